The number of hydrogen-bond donors (Lipinski definition) is 0. The average Bonchev–Trinajstić information content (AvgIpc) is 2.95. The Morgan fingerprint density at radius 3 is 1.92 bits per heavy atom. The van der Waals surface area contributed by atoms with Gasteiger partial charge in [-0.05, 0) is 49.4 Å². The molecule has 0 unspecified atom stereocenters. The van der Waals surface area contributed by atoms with Crippen molar-refractivity contribution < 1.29 is 23.7 Å². The molecular formula is C31H37NO5. The van der Waals surface area contributed by atoms with Gasteiger partial charge in [-0.1, -0.05) is 60.7 Å². The van der Waals surface area contributed by atoms with Crippen LogP contribution in [0.3, 0.4) is 0 Å². The summed E-state index contributed by atoms with van der Waals surface area (Å²) in [6, 6.07) is 24.3. The Kier molecular flexibility index (Phi) is 9.58. The fraction of sp³-hybridized carbons (Fsp3) is 0.387. The van der Waals surface area contributed by atoms with Gasteiger partial charge in [0.15, 0.2) is 17.3 Å². The largest absolute Gasteiger partial charge is 0.493 e. The van der Waals surface area contributed by atoms with Gasteiger partial charge in [-0.15, -0.1) is 0 Å². The van der Waals surface area contributed by atoms with E-state index in [9.17, 15) is 4.79 Å². The normalized spacial score (nSPS) is 14.5. The van der Waals surface area contributed by atoms with E-state index in [2.05, 4.69) is 53.4 Å². The van der Waals surface area contributed by atoms with Crippen molar-refractivity contribution in [3.05, 3.63) is 89.5 Å². The molecule has 3 aromatic carbocycles. The van der Waals surface area contributed by atoms with Crippen LogP contribution in [0, 0.1) is 0 Å². The van der Waals surface area contributed by atoms with E-state index in [1.54, 1.807) is 26.4 Å². The highest BCUT2D eigenvalue weighted by atomic mass is 16.5. The van der Waals surface area contributed by atoms with Crippen LogP contribution in [0.5, 0.6) is 17.2 Å². The Hall–Kier alpha value is -3.35. The van der Waals surface area contributed by atoms with E-state index in [1.165, 1.54) is 18.1 Å². The molecule has 0 aromatic heterocycles. The van der Waals surface area contributed by atoms with Crippen LogP contribution in [-0.4, -0.2) is 57.2 Å². The summed E-state index contributed by atoms with van der Waals surface area (Å²) in [6.45, 7) is 5.00. The van der Waals surface area contributed by atoms with Crippen molar-refractivity contribution in [1.82, 2.24) is 4.90 Å². The zero-order chi connectivity index (χ0) is 26.0. The number of methoxy groups -OCH3 is 2. The van der Waals surface area contributed by atoms with Gasteiger partial charge < -0.3 is 23.8 Å². The number of rotatable bonds is 12. The molecule has 0 aliphatic carbocycles. The minimum atomic E-state index is -0.0494. The maximum Gasteiger partial charge on any atom is 0.203 e. The first-order valence-electron chi connectivity index (χ1n) is 13.0. The molecule has 0 bridgehead atoms. The number of hydrogen-bond acceptors (Lipinski definition) is 6. The number of carbonyl (C=O) groups is 1. The number of nitrogens with zero attached hydrogens (tertiary/aromatic N) is 1. The number of ketones is 1. The van der Waals surface area contributed by atoms with Gasteiger partial charge in [-0.3, -0.25) is 4.79 Å². The first kappa shape index (κ1) is 26.7. The number of ether oxygens (including phenoxy) is 4. The SMILES string of the molecule is COc1cc(C(C)=O)cc(OC)c1OCCCN1CCC(OC(c2ccccc2)c2ccccc2)CC1. The second-order valence-corrected chi connectivity index (χ2v) is 9.35. The number of carbonyl (C=O) groups excluding carboxylic acids is 1. The quantitative estimate of drug-likeness (QED) is 0.225. The Morgan fingerprint density at radius 1 is 0.892 bits per heavy atom. The summed E-state index contributed by atoms with van der Waals surface area (Å²) in [5.74, 6) is 1.51. The second kappa shape index (κ2) is 13.3. The first-order chi connectivity index (χ1) is 18.1. The van der Waals surface area contributed by atoms with Gasteiger partial charge in [0, 0.05) is 25.2 Å². The molecule has 0 atom stereocenters. The molecule has 196 valence electrons. The molecule has 1 aliphatic heterocycles. The third-order valence-corrected chi connectivity index (χ3v) is 6.80. The highest BCUT2D eigenvalue weighted by Crippen LogP contribution is 2.39. The Morgan fingerprint density at radius 2 is 1.43 bits per heavy atom. The van der Waals surface area contributed by atoms with E-state index >= 15 is 0 Å². The van der Waals surface area contributed by atoms with Crippen molar-refractivity contribution in [2.45, 2.75) is 38.4 Å². The number of benzene rings is 3. The lowest BCUT2D eigenvalue weighted by molar-refractivity contribution is -0.0273. The molecule has 37 heavy (non-hydrogen) atoms. The number of Topliss-reactive ketones (excluding diaryl/α,β-unsaturated/α-hetero) is 1. The lowest BCUT2D eigenvalue weighted by Crippen LogP contribution is -2.38. The van der Waals surface area contributed by atoms with Crippen molar-refractivity contribution >= 4 is 5.78 Å². The van der Waals surface area contributed by atoms with Crippen molar-refractivity contribution in [2.24, 2.45) is 0 Å². The molecule has 0 N–H and O–H groups in total. The average molecular weight is 504 g/mol. The van der Waals surface area contributed by atoms with Crippen LogP contribution < -0.4 is 14.2 Å². The third kappa shape index (κ3) is 7.12. The molecule has 1 fully saturated rings. The van der Waals surface area contributed by atoms with Crippen molar-refractivity contribution in [3.63, 3.8) is 0 Å². The van der Waals surface area contributed by atoms with Crippen LogP contribution in [0.1, 0.15) is 53.8 Å². The van der Waals surface area contributed by atoms with Crippen molar-refractivity contribution in [1.29, 1.82) is 0 Å². The van der Waals surface area contributed by atoms with Gasteiger partial charge in [0.1, 0.15) is 6.10 Å². The fourth-order valence-electron chi connectivity index (χ4n) is 4.75. The van der Waals surface area contributed by atoms with Crippen LogP contribution in [0.25, 0.3) is 0 Å². The van der Waals surface area contributed by atoms with Gasteiger partial charge >= 0.3 is 0 Å². The maximum atomic E-state index is 11.8. The van der Waals surface area contributed by atoms with E-state index in [4.69, 9.17) is 18.9 Å². The molecule has 6 nitrogen and oxygen atoms in total. The molecule has 3 aromatic rings. The standard InChI is InChI=1S/C31H37NO5/c1-23(33)26-21-28(34-2)31(29(22-26)35-3)36-20-10-17-32-18-15-27(16-19-32)37-30(24-11-6-4-7-12-24)25-13-8-5-9-14-25/h4-9,11-14,21-22,27,30H,10,15-20H2,1-3H3. The number of likely N-dealkylation sites (tertiary alicyclic amines) is 1. The predicted octanol–water partition coefficient (Wildman–Crippen LogP) is 5.95. The smallest absolute Gasteiger partial charge is 0.203 e. The molecule has 0 saturated carbocycles. The molecule has 6 heteroatoms. The lowest BCUT2D eigenvalue weighted by Gasteiger charge is -2.34. The van der Waals surface area contributed by atoms with E-state index in [0.29, 0.717) is 29.4 Å². The Bertz CT molecular complexity index is 1060. The van der Waals surface area contributed by atoms with Crippen LogP contribution >= 0.6 is 0 Å². The van der Waals surface area contributed by atoms with Gasteiger partial charge in [0.25, 0.3) is 0 Å². The summed E-state index contributed by atoms with van der Waals surface area (Å²) in [5.41, 5.74) is 2.92. The van der Waals surface area contributed by atoms with E-state index < -0.39 is 0 Å². The second-order valence-electron chi connectivity index (χ2n) is 9.35. The zero-order valence-electron chi connectivity index (χ0n) is 22.0. The highest BCUT2D eigenvalue weighted by Gasteiger charge is 2.25. The lowest BCUT2D eigenvalue weighted by atomic mass is 10.00. The first-order valence-corrected chi connectivity index (χ1v) is 13.0. The van der Waals surface area contributed by atoms with Crippen LogP contribution in [-0.2, 0) is 4.74 Å². The van der Waals surface area contributed by atoms with Gasteiger partial charge in [0.2, 0.25) is 5.75 Å². The minimum Gasteiger partial charge on any atom is -0.493 e. The van der Waals surface area contributed by atoms with Gasteiger partial charge in [-0.25, -0.2) is 0 Å². The molecular weight excluding hydrogens is 466 g/mol. The molecule has 1 aliphatic rings. The summed E-state index contributed by atoms with van der Waals surface area (Å²) in [5, 5.41) is 0. The Labute approximate surface area is 220 Å². The monoisotopic (exact) mass is 503 g/mol. The summed E-state index contributed by atoms with van der Waals surface area (Å²) in [4.78, 5) is 14.3. The van der Waals surface area contributed by atoms with E-state index in [1.807, 2.05) is 12.1 Å². The molecule has 0 spiro atoms. The summed E-state index contributed by atoms with van der Waals surface area (Å²) in [6.07, 6.45) is 3.07. The minimum absolute atomic E-state index is 0.0469. The molecule has 1 heterocycles. The molecule has 4 rings (SSSR count). The third-order valence-electron chi connectivity index (χ3n) is 6.80. The summed E-state index contributed by atoms with van der Waals surface area (Å²) >= 11 is 0. The highest BCUT2D eigenvalue weighted by molar-refractivity contribution is 5.95. The molecule has 0 radical (unpaired) electrons. The molecule has 1 saturated heterocycles. The maximum absolute atomic E-state index is 11.8. The van der Waals surface area contributed by atoms with E-state index in [-0.39, 0.29) is 18.0 Å². The Balaban J connectivity index is 1.27. The van der Waals surface area contributed by atoms with Crippen LogP contribution in [0.2, 0.25) is 0 Å². The van der Waals surface area contributed by atoms with Crippen molar-refractivity contribution in [3.8, 4) is 17.2 Å². The van der Waals surface area contributed by atoms with Gasteiger partial charge in [-0.2, -0.15) is 0 Å². The zero-order valence-corrected chi connectivity index (χ0v) is 22.0. The topological polar surface area (TPSA) is 57.2 Å². The summed E-state index contributed by atoms with van der Waals surface area (Å²) < 4.78 is 23.6. The summed E-state index contributed by atoms with van der Waals surface area (Å²) in [7, 11) is 3.13. The molecule has 0 amide bonds. The number of piperidine rings is 1. The predicted molar refractivity (Wildman–Crippen MR) is 145 cm³/mol. The van der Waals surface area contributed by atoms with Crippen LogP contribution in [0.4, 0.5) is 0 Å². The van der Waals surface area contributed by atoms with Crippen molar-refractivity contribution in [2.75, 3.05) is 40.5 Å². The van der Waals surface area contributed by atoms with Gasteiger partial charge in [0.05, 0.1) is 26.9 Å². The fourth-order valence-corrected chi connectivity index (χ4v) is 4.75. The van der Waals surface area contributed by atoms with Crippen LogP contribution in [0.15, 0.2) is 72.8 Å². The van der Waals surface area contributed by atoms with E-state index in [0.717, 1.165) is 38.9 Å².